The normalized spacial score (nSPS) is 11.0. The van der Waals surface area contributed by atoms with Crippen LogP contribution in [0.5, 0.6) is 11.5 Å². The summed E-state index contributed by atoms with van der Waals surface area (Å²) < 4.78 is 11.4. The maximum atomic E-state index is 12.8. The van der Waals surface area contributed by atoms with Crippen LogP contribution in [0.3, 0.4) is 0 Å². The van der Waals surface area contributed by atoms with Gasteiger partial charge < -0.3 is 14.8 Å². The molecule has 0 bridgehead atoms. The Morgan fingerprint density at radius 2 is 1.73 bits per heavy atom. The fraction of sp³-hybridized carbons (Fsp3) is 0.214. The molecule has 0 radical (unpaired) electrons. The average molecular weight is 441 g/mol. The van der Waals surface area contributed by atoms with Gasteiger partial charge in [-0.15, -0.1) is 0 Å². The third-order valence-corrected chi connectivity index (χ3v) is 5.49. The predicted octanol–water partition coefficient (Wildman–Crippen LogP) is 6.05. The van der Waals surface area contributed by atoms with Gasteiger partial charge in [-0.3, -0.25) is 4.79 Å². The van der Waals surface area contributed by atoms with Crippen LogP contribution in [0.1, 0.15) is 33.4 Å². The highest BCUT2D eigenvalue weighted by Gasteiger charge is 2.14. The molecule has 0 unspecified atom stereocenters. The second-order valence-corrected chi connectivity index (χ2v) is 8.05. The van der Waals surface area contributed by atoms with E-state index in [1.54, 1.807) is 25.3 Å². The minimum Gasteiger partial charge on any atom is -0.497 e. The van der Waals surface area contributed by atoms with E-state index in [1.165, 1.54) is 17.2 Å². The van der Waals surface area contributed by atoms with Gasteiger partial charge in [0.25, 0.3) is 5.91 Å². The lowest BCUT2D eigenvalue weighted by Crippen LogP contribution is -2.14. The zero-order chi connectivity index (χ0) is 24.0. The van der Waals surface area contributed by atoms with Crippen LogP contribution in [-0.4, -0.2) is 13.0 Å². The van der Waals surface area contributed by atoms with Gasteiger partial charge in [0.05, 0.1) is 7.11 Å². The third kappa shape index (κ3) is 6.02. The highest BCUT2D eigenvalue weighted by molar-refractivity contribution is 6.10. The molecule has 0 saturated heterocycles. The first kappa shape index (κ1) is 23.6. The Morgan fingerprint density at radius 1 is 0.970 bits per heavy atom. The molecule has 5 nitrogen and oxygen atoms in total. The molecule has 3 aromatic rings. The number of nitrogens with zero attached hydrogens (tertiary/aromatic N) is 1. The molecule has 0 atom stereocenters. The summed E-state index contributed by atoms with van der Waals surface area (Å²) in [5, 5.41) is 12.5. The number of methoxy groups -OCH3 is 1. The van der Waals surface area contributed by atoms with Gasteiger partial charge in [-0.05, 0) is 79.8 Å². The van der Waals surface area contributed by atoms with E-state index in [0.717, 1.165) is 16.7 Å². The molecule has 0 fully saturated rings. The fourth-order valence-corrected chi connectivity index (χ4v) is 3.30. The van der Waals surface area contributed by atoms with Crippen LogP contribution in [0.15, 0.2) is 60.2 Å². The van der Waals surface area contributed by atoms with E-state index < -0.39 is 5.91 Å². The predicted molar refractivity (Wildman–Crippen MR) is 131 cm³/mol. The zero-order valence-corrected chi connectivity index (χ0v) is 19.7. The van der Waals surface area contributed by atoms with E-state index in [0.29, 0.717) is 29.4 Å². The van der Waals surface area contributed by atoms with Crippen LogP contribution in [0, 0.1) is 39.0 Å². The fourth-order valence-electron chi connectivity index (χ4n) is 3.30. The molecular weight excluding hydrogens is 412 g/mol. The van der Waals surface area contributed by atoms with Crippen LogP contribution in [0.25, 0.3) is 6.08 Å². The Hall–Kier alpha value is -4.04. The average Bonchev–Trinajstić information content (AvgIpc) is 2.80. The van der Waals surface area contributed by atoms with Crippen molar-refractivity contribution < 1.29 is 14.3 Å². The first-order valence-electron chi connectivity index (χ1n) is 10.7. The highest BCUT2D eigenvalue weighted by atomic mass is 16.5. The number of amides is 1. The monoisotopic (exact) mass is 440 g/mol. The van der Waals surface area contributed by atoms with Crippen LogP contribution < -0.4 is 14.8 Å². The molecule has 1 amide bonds. The van der Waals surface area contributed by atoms with Crippen molar-refractivity contribution in [3.8, 4) is 17.6 Å². The first-order valence-corrected chi connectivity index (χ1v) is 10.7. The van der Waals surface area contributed by atoms with Crippen LogP contribution >= 0.6 is 0 Å². The quantitative estimate of drug-likeness (QED) is 0.358. The number of carbonyl (C=O) groups excluding carboxylic acids is 1. The van der Waals surface area contributed by atoms with Crippen LogP contribution in [-0.2, 0) is 11.4 Å². The van der Waals surface area contributed by atoms with Gasteiger partial charge in [0, 0.05) is 17.3 Å². The lowest BCUT2D eigenvalue weighted by Gasteiger charge is -2.13. The van der Waals surface area contributed by atoms with Crippen molar-refractivity contribution in [2.75, 3.05) is 12.4 Å². The summed E-state index contributed by atoms with van der Waals surface area (Å²) in [5.41, 5.74) is 6.67. The maximum Gasteiger partial charge on any atom is 0.266 e. The van der Waals surface area contributed by atoms with Gasteiger partial charge in [0.15, 0.2) is 0 Å². The summed E-state index contributed by atoms with van der Waals surface area (Å²) in [6, 6.07) is 19.3. The number of hydrogen-bond donors (Lipinski definition) is 1. The standard InChI is InChI=1S/C28H28N2O3/c1-18-6-7-20(3)26(12-18)30-28(31)24(16-29)14-23-10-11-25(32-5)15-27(23)33-17-22-9-8-19(2)21(4)13-22/h6-15H,17H2,1-5H3,(H,30,31)/b24-14+. The second kappa shape index (κ2) is 10.5. The van der Waals surface area contributed by atoms with Crippen molar-refractivity contribution in [3.63, 3.8) is 0 Å². The lowest BCUT2D eigenvalue weighted by atomic mass is 10.1. The molecule has 3 aromatic carbocycles. The Bertz CT molecular complexity index is 1250. The van der Waals surface area contributed by atoms with Crippen molar-refractivity contribution in [2.45, 2.75) is 34.3 Å². The number of carbonyl (C=O) groups is 1. The number of ether oxygens (including phenoxy) is 2. The van der Waals surface area contributed by atoms with Gasteiger partial charge in [-0.2, -0.15) is 5.26 Å². The Kier molecular flexibility index (Phi) is 7.53. The van der Waals surface area contributed by atoms with Crippen molar-refractivity contribution in [1.82, 2.24) is 0 Å². The number of aryl methyl sites for hydroxylation is 4. The van der Waals surface area contributed by atoms with E-state index in [9.17, 15) is 10.1 Å². The molecule has 0 aliphatic heterocycles. The number of rotatable bonds is 7. The number of hydrogen-bond acceptors (Lipinski definition) is 4. The van der Waals surface area contributed by atoms with Gasteiger partial charge in [0.1, 0.15) is 29.7 Å². The largest absolute Gasteiger partial charge is 0.497 e. The molecule has 0 aliphatic rings. The molecular formula is C28H28N2O3. The molecule has 3 rings (SSSR count). The molecule has 0 aromatic heterocycles. The summed E-state index contributed by atoms with van der Waals surface area (Å²) in [4.78, 5) is 12.8. The van der Waals surface area contributed by atoms with E-state index in [2.05, 4.69) is 31.3 Å². The SMILES string of the molecule is COc1ccc(/C=C(\C#N)C(=O)Nc2cc(C)ccc2C)c(OCc2ccc(C)c(C)c2)c1. The Morgan fingerprint density at radius 3 is 2.42 bits per heavy atom. The summed E-state index contributed by atoms with van der Waals surface area (Å²) >= 11 is 0. The molecule has 33 heavy (non-hydrogen) atoms. The van der Waals surface area contributed by atoms with Crippen molar-refractivity contribution in [3.05, 3.63) is 93.6 Å². The molecule has 1 N–H and O–H groups in total. The van der Waals surface area contributed by atoms with Crippen molar-refractivity contribution in [1.29, 1.82) is 5.26 Å². The molecule has 0 spiro atoms. The van der Waals surface area contributed by atoms with Crippen molar-refractivity contribution >= 4 is 17.7 Å². The molecule has 5 heteroatoms. The molecule has 168 valence electrons. The first-order chi connectivity index (χ1) is 15.8. The van der Waals surface area contributed by atoms with Crippen molar-refractivity contribution in [2.24, 2.45) is 0 Å². The zero-order valence-electron chi connectivity index (χ0n) is 19.7. The van der Waals surface area contributed by atoms with Gasteiger partial charge in [-0.1, -0.05) is 30.3 Å². The molecule has 0 aliphatic carbocycles. The summed E-state index contributed by atoms with van der Waals surface area (Å²) in [7, 11) is 1.58. The molecule has 0 heterocycles. The van der Waals surface area contributed by atoms with E-state index in [4.69, 9.17) is 9.47 Å². The van der Waals surface area contributed by atoms with Crippen LogP contribution in [0.4, 0.5) is 5.69 Å². The van der Waals surface area contributed by atoms with E-state index in [-0.39, 0.29) is 5.57 Å². The summed E-state index contributed by atoms with van der Waals surface area (Å²) in [6.07, 6.45) is 1.54. The Balaban J connectivity index is 1.88. The lowest BCUT2D eigenvalue weighted by molar-refractivity contribution is -0.112. The number of nitrogens with one attached hydrogen (secondary N) is 1. The Labute approximate surface area is 195 Å². The van der Waals surface area contributed by atoms with Gasteiger partial charge in [0.2, 0.25) is 0 Å². The summed E-state index contributed by atoms with van der Waals surface area (Å²) in [5.74, 6) is 0.683. The highest BCUT2D eigenvalue weighted by Crippen LogP contribution is 2.28. The topological polar surface area (TPSA) is 71.3 Å². The molecule has 0 saturated carbocycles. The minimum absolute atomic E-state index is 0.0166. The summed E-state index contributed by atoms with van der Waals surface area (Å²) in [6.45, 7) is 8.34. The maximum absolute atomic E-state index is 12.8. The van der Waals surface area contributed by atoms with Crippen LogP contribution in [0.2, 0.25) is 0 Å². The minimum atomic E-state index is -0.470. The van der Waals surface area contributed by atoms with Gasteiger partial charge in [-0.25, -0.2) is 0 Å². The number of benzene rings is 3. The number of anilines is 1. The third-order valence-electron chi connectivity index (χ3n) is 5.49. The smallest absolute Gasteiger partial charge is 0.266 e. The number of nitriles is 1. The van der Waals surface area contributed by atoms with Gasteiger partial charge >= 0.3 is 0 Å². The van der Waals surface area contributed by atoms with E-state index >= 15 is 0 Å². The second-order valence-electron chi connectivity index (χ2n) is 8.05. The van der Waals surface area contributed by atoms with E-state index in [1.807, 2.05) is 44.2 Å².